The highest BCUT2D eigenvalue weighted by Gasteiger charge is 2.53. The fourth-order valence-electron chi connectivity index (χ4n) is 12.9. The van der Waals surface area contributed by atoms with E-state index in [-0.39, 0.29) is 0 Å². The lowest BCUT2D eigenvalue weighted by Crippen LogP contribution is -2.40. The highest BCUT2D eigenvalue weighted by molar-refractivity contribution is 6.12. The van der Waals surface area contributed by atoms with Crippen molar-refractivity contribution in [3.05, 3.63) is 251 Å². The summed E-state index contributed by atoms with van der Waals surface area (Å²) in [5.74, 6) is -0.805. The van der Waals surface area contributed by atoms with Crippen molar-refractivity contribution in [1.82, 2.24) is 0 Å². The van der Waals surface area contributed by atoms with Crippen molar-refractivity contribution in [2.75, 3.05) is 9.80 Å². The molecule has 0 N–H and O–H groups in total. The van der Waals surface area contributed by atoms with Gasteiger partial charge in [0.2, 0.25) is 0 Å². The molecule has 1 spiro atoms. The van der Waals surface area contributed by atoms with Crippen molar-refractivity contribution < 1.29 is 44.7 Å². The second-order valence-electron chi connectivity index (χ2n) is 21.1. The van der Waals surface area contributed by atoms with Crippen LogP contribution < -0.4 is 19.3 Å². The molecule has 0 fully saturated rings. The van der Waals surface area contributed by atoms with Gasteiger partial charge in [-0.05, 0) is 130 Å². The minimum atomic E-state index is -4.96. The molecule has 0 unspecified atom stereocenters. The van der Waals surface area contributed by atoms with Gasteiger partial charge in [0.1, 0.15) is 22.7 Å². The molecule has 394 valence electrons. The van der Waals surface area contributed by atoms with Crippen molar-refractivity contribution in [3.8, 4) is 22.6 Å². The summed E-state index contributed by atoms with van der Waals surface area (Å²) in [4.78, 5) is 3.79. The largest absolute Gasteiger partial charge is 0.573 e. The molecular formula is C68H46F6N2O4. The molecule has 0 radical (unpaired) electrons. The van der Waals surface area contributed by atoms with Crippen LogP contribution in [0.1, 0.15) is 58.4 Å². The first-order valence-electron chi connectivity index (χ1n) is 26.1. The van der Waals surface area contributed by atoms with Gasteiger partial charge in [0.15, 0.2) is 11.2 Å². The minimum absolute atomic E-state index is 0.370. The molecule has 0 amide bonds. The molecule has 12 aromatic rings. The number of ether oxygens (including phenoxy) is 2. The van der Waals surface area contributed by atoms with Crippen molar-refractivity contribution in [2.45, 2.75) is 51.2 Å². The summed E-state index contributed by atoms with van der Waals surface area (Å²) in [6.07, 6.45) is -9.92. The van der Waals surface area contributed by atoms with E-state index in [0.29, 0.717) is 56.5 Å². The molecule has 0 atom stereocenters. The van der Waals surface area contributed by atoms with Crippen LogP contribution in [0.4, 0.5) is 60.5 Å². The zero-order chi connectivity index (χ0) is 55.0. The van der Waals surface area contributed by atoms with Gasteiger partial charge in [-0.1, -0.05) is 147 Å². The van der Waals surface area contributed by atoms with E-state index in [4.69, 9.17) is 8.83 Å². The average molecular weight is 1070 g/mol. The number of anilines is 6. The lowest BCUT2D eigenvalue weighted by Gasteiger charge is -2.46. The van der Waals surface area contributed by atoms with Crippen LogP contribution in [0.3, 0.4) is 0 Å². The number of aryl methyl sites for hydroxylation is 2. The van der Waals surface area contributed by atoms with Crippen molar-refractivity contribution >= 4 is 78.0 Å². The number of furan rings is 2. The third-order valence-electron chi connectivity index (χ3n) is 16.1. The SMILES string of the molecule is Cc1cccc2c1oc1c(N(c3cccc(OC(F)(F)F)c3)c3ccc4c(c3)-c3cc(N(c5cccc(OC(F)(F)F)c5)c5cccc6c5oc5c(C)cccc56)ccc3C43c4ccccc4C(C)(C)c4ccccc43)cccc12. The topological polar surface area (TPSA) is 51.2 Å². The summed E-state index contributed by atoms with van der Waals surface area (Å²) >= 11 is 0. The first kappa shape index (κ1) is 48.9. The minimum Gasteiger partial charge on any atom is -0.454 e. The van der Waals surface area contributed by atoms with Gasteiger partial charge in [-0.3, -0.25) is 0 Å². The standard InChI is InChI=1S/C68H46F6N2O4/c1-39-15-9-21-47-49-23-13-29-59(63(49)77-61(39)47)75(41-17-11-19-45(35-41)79-67(69,70)71)43-31-33-53-51(37-43)52-38-44(32-34-54(52)66(53)57-27-7-5-25-55(57)65(3,4)56-26-6-8-28-58(56)66)76(42-18-12-20-46(36-42)80-68(72,73)74)60-30-14-24-50-48-22-10-16-40(2)62(48)78-64(50)60/h5-38H,1-4H3. The quantitative estimate of drug-likeness (QED) is 0.141. The molecule has 12 heteroatoms. The molecule has 10 aromatic carbocycles. The van der Waals surface area contributed by atoms with Gasteiger partial charge in [-0.25, -0.2) is 0 Å². The Bertz CT molecular complexity index is 4230. The van der Waals surface area contributed by atoms with E-state index >= 15 is 0 Å². The Balaban J connectivity index is 1.07. The summed E-state index contributed by atoms with van der Waals surface area (Å²) in [6, 6.07) is 64.6. The zero-order valence-electron chi connectivity index (χ0n) is 43.4. The van der Waals surface area contributed by atoms with Crippen LogP contribution >= 0.6 is 0 Å². The lowest BCUT2D eigenvalue weighted by atomic mass is 9.55. The number of rotatable bonds is 8. The molecule has 80 heavy (non-hydrogen) atoms. The summed E-state index contributed by atoms with van der Waals surface area (Å²) in [7, 11) is 0. The van der Waals surface area contributed by atoms with E-state index in [1.807, 2.05) is 109 Å². The van der Waals surface area contributed by atoms with Crippen LogP contribution in [0.5, 0.6) is 11.5 Å². The van der Waals surface area contributed by atoms with E-state index in [1.54, 1.807) is 12.1 Å². The first-order chi connectivity index (χ1) is 38.5. The summed E-state index contributed by atoms with van der Waals surface area (Å²) in [6.45, 7) is 8.42. The molecule has 0 aliphatic heterocycles. The first-order valence-corrected chi connectivity index (χ1v) is 26.1. The van der Waals surface area contributed by atoms with Crippen LogP contribution in [-0.4, -0.2) is 12.7 Å². The molecule has 0 bridgehead atoms. The third-order valence-corrected chi connectivity index (χ3v) is 16.1. The summed E-state index contributed by atoms with van der Waals surface area (Å²) < 4.78 is 107. The van der Waals surface area contributed by atoms with Gasteiger partial charge in [0, 0.05) is 61.8 Å². The van der Waals surface area contributed by atoms with Crippen LogP contribution in [0.2, 0.25) is 0 Å². The molecular weight excluding hydrogens is 1020 g/mol. The molecule has 2 aliphatic carbocycles. The number of benzene rings is 10. The second kappa shape index (κ2) is 17.5. The van der Waals surface area contributed by atoms with Crippen molar-refractivity contribution in [2.24, 2.45) is 0 Å². The number of halogens is 6. The maximum Gasteiger partial charge on any atom is 0.573 e. The monoisotopic (exact) mass is 1070 g/mol. The Hall–Kier alpha value is -9.42. The number of hydrogen-bond acceptors (Lipinski definition) is 6. The molecule has 0 saturated heterocycles. The zero-order valence-corrected chi connectivity index (χ0v) is 43.4. The van der Waals surface area contributed by atoms with Crippen molar-refractivity contribution in [1.29, 1.82) is 0 Å². The molecule has 6 nitrogen and oxygen atoms in total. The maximum atomic E-state index is 14.0. The van der Waals surface area contributed by atoms with Gasteiger partial charge < -0.3 is 28.1 Å². The predicted octanol–water partition coefficient (Wildman–Crippen LogP) is 19.8. The fourth-order valence-corrected chi connectivity index (χ4v) is 12.9. The molecule has 2 aromatic heterocycles. The van der Waals surface area contributed by atoms with Gasteiger partial charge in [0.25, 0.3) is 0 Å². The Kier molecular flexibility index (Phi) is 10.7. The van der Waals surface area contributed by atoms with Crippen molar-refractivity contribution in [3.63, 3.8) is 0 Å². The Morgan fingerprint density at radius 3 is 1.14 bits per heavy atom. The van der Waals surface area contributed by atoms with Crippen LogP contribution in [-0.2, 0) is 10.8 Å². The normalized spacial score (nSPS) is 14.1. The number of hydrogen-bond donors (Lipinski definition) is 0. The predicted molar refractivity (Wildman–Crippen MR) is 303 cm³/mol. The van der Waals surface area contributed by atoms with Crippen LogP contribution in [0.25, 0.3) is 55.0 Å². The number of fused-ring (bicyclic) bond motifs is 15. The molecule has 2 aliphatic rings. The fraction of sp³-hybridized carbons (Fsp3) is 0.118. The molecule has 0 saturated carbocycles. The van der Waals surface area contributed by atoms with E-state index in [2.05, 4.69) is 96.1 Å². The third kappa shape index (κ3) is 7.48. The van der Waals surface area contributed by atoms with Gasteiger partial charge >= 0.3 is 12.7 Å². The van der Waals surface area contributed by atoms with E-state index in [0.717, 1.165) is 77.2 Å². The van der Waals surface area contributed by atoms with E-state index in [9.17, 15) is 26.3 Å². The van der Waals surface area contributed by atoms with E-state index < -0.39 is 35.1 Å². The lowest BCUT2D eigenvalue weighted by molar-refractivity contribution is -0.275. The summed E-state index contributed by atoms with van der Waals surface area (Å²) in [5.41, 5.74) is 14.0. The smallest absolute Gasteiger partial charge is 0.454 e. The Labute approximate surface area is 455 Å². The van der Waals surface area contributed by atoms with E-state index in [1.165, 1.54) is 36.4 Å². The Morgan fingerprint density at radius 1 is 0.362 bits per heavy atom. The Morgan fingerprint density at radius 2 is 0.725 bits per heavy atom. The highest BCUT2D eigenvalue weighted by Crippen LogP contribution is 2.64. The number of alkyl halides is 6. The summed E-state index contributed by atoms with van der Waals surface area (Å²) in [5, 5.41) is 3.42. The second-order valence-corrected chi connectivity index (χ2v) is 21.1. The van der Waals surface area contributed by atoms with Gasteiger partial charge in [0.05, 0.1) is 16.8 Å². The molecule has 2 heterocycles. The molecule has 14 rings (SSSR count). The number of nitrogens with zero attached hydrogens (tertiary/aromatic N) is 2. The highest BCUT2D eigenvalue weighted by atomic mass is 19.4. The van der Waals surface area contributed by atoms with Gasteiger partial charge in [-0.2, -0.15) is 0 Å². The van der Waals surface area contributed by atoms with Gasteiger partial charge in [-0.15, -0.1) is 26.3 Å². The maximum absolute atomic E-state index is 14.0. The van der Waals surface area contributed by atoms with Crippen LogP contribution in [0, 0.1) is 13.8 Å². The average Bonchev–Trinajstić information content (AvgIpc) is 3.54. The van der Waals surface area contributed by atoms with Crippen LogP contribution in [0.15, 0.2) is 215 Å². The number of para-hydroxylation sites is 4.